The van der Waals surface area contributed by atoms with Crippen LogP contribution in [0.1, 0.15) is 18.4 Å². The summed E-state index contributed by atoms with van der Waals surface area (Å²) in [5.41, 5.74) is -0.0781. The molecule has 1 aromatic rings. The van der Waals surface area contributed by atoms with Crippen LogP contribution in [0, 0.1) is 0 Å². The average Bonchev–Trinajstić information content (AvgIpc) is 2.69. The molecule has 0 aromatic heterocycles. The summed E-state index contributed by atoms with van der Waals surface area (Å²) >= 11 is 0. The smallest absolute Gasteiger partial charge is 0.369 e. The lowest BCUT2D eigenvalue weighted by atomic mass is 10.1. The third kappa shape index (κ3) is 10.1. The van der Waals surface area contributed by atoms with Crippen LogP contribution in [-0.2, 0) is 6.18 Å². The first-order valence-electron chi connectivity index (χ1n) is 9.74. The van der Waals surface area contributed by atoms with Crippen LogP contribution in [0.2, 0.25) is 0 Å². The normalized spacial score (nSPS) is 16.1. The summed E-state index contributed by atoms with van der Waals surface area (Å²) in [5, 5.41) is 5.60. The van der Waals surface area contributed by atoms with Crippen molar-refractivity contribution in [3.05, 3.63) is 29.8 Å². The van der Waals surface area contributed by atoms with Gasteiger partial charge in [-0.2, -0.15) is 26.3 Å². The van der Waals surface area contributed by atoms with Crippen molar-refractivity contribution in [2.75, 3.05) is 57.8 Å². The standard InChI is InChI=1S/C19H27F6N5.HI/c1-26-17(28-8-6-18(20,21)22)27-7-3-9-29-10-12-30(13-11-29)16-5-2-4-15(14-16)19(23,24)25;/h2,4-5,14H,3,6-13H2,1H3,(H2,26,27,28);1H. The third-order valence-corrected chi connectivity index (χ3v) is 4.78. The van der Waals surface area contributed by atoms with E-state index in [-0.39, 0.29) is 30.5 Å². The second kappa shape index (κ2) is 12.6. The molecule has 0 bridgehead atoms. The van der Waals surface area contributed by atoms with E-state index in [9.17, 15) is 26.3 Å². The first-order valence-corrected chi connectivity index (χ1v) is 9.74. The molecule has 2 N–H and O–H groups in total. The van der Waals surface area contributed by atoms with Crippen molar-refractivity contribution >= 4 is 35.6 Å². The SMILES string of the molecule is CN=C(NCCCN1CCN(c2cccc(C(F)(F)F)c2)CC1)NCCC(F)(F)F.I. The topological polar surface area (TPSA) is 42.9 Å². The van der Waals surface area contributed by atoms with Gasteiger partial charge >= 0.3 is 12.4 Å². The molecule has 0 spiro atoms. The van der Waals surface area contributed by atoms with Gasteiger partial charge in [0.15, 0.2) is 5.96 Å². The van der Waals surface area contributed by atoms with Crippen LogP contribution in [0.25, 0.3) is 0 Å². The summed E-state index contributed by atoms with van der Waals surface area (Å²) in [4.78, 5) is 8.04. The number of hydrogen-bond acceptors (Lipinski definition) is 3. The lowest BCUT2D eigenvalue weighted by Crippen LogP contribution is -2.47. The number of piperazine rings is 1. The summed E-state index contributed by atoms with van der Waals surface area (Å²) < 4.78 is 75.1. The molecule has 0 unspecified atom stereocenters. The average molecular weight is 567 g/mol. The number of halogens is 7. The van der Waals surface area contributed by atoms with E-state index in [0.717, 1.165) is 32.1 Å². The number of hydrogen-bond donors (Lipinski definition) is 2. The molecule has 1 heterocycles. The molecule has 0 atom stereocenters. The molecular formula is C19H28F6IN5. The Bertz CT molecular complexity index is 687. The number of benzene rings is 1. The van der Waals surface area contributed by atoms with Crippen molar-refractivity contribution in [3.8, 4) is 0 Å². The second-order valence-corrected chi connectivity index (χ2v) is 7.02. The Morgan fingerprint density at radius 3 is 2.23 bits per heavy atom. The van der Waals surface area contributed by atoms with Crippen LogP contribution in [0.4, 0.5) is 32.0 Å². The number of rotatable bonds is 7. The maximum absolute atomic E-state index is 12.9. The Kier molecular flexibility index (Phi) is 11.2. The monoisotopic (exact) mass is 567 g/mol. The highest BCUT2D eigenvalue weighted by molar-refractivity contribution is 14.0. The Morgan fingerprint density at radius 2 is 1.65 bits per heavy atom. The Hall–Kier alpha value is -1.44. The number of aliphatic imine (C=N–C) groups is 1. The number of alkyl halides is 6. The van der Waals surface area contributed by atoms with E-state index in [0.29, 0.717) is 31.3 Å². The molecule has 178 valence electrons. The largest absolute Gasteiger partial charge is 0.416 e. The number of anilines is 1. The molecule has 1 saturated heterocycles. The highest BCUT2D eigenvalue weighted by Gasteiger charge is 2.31. The van der Waals surface area contributed by atoms with Crippen molar-refractivity contribution in [3.63, 3.8) is 0 Å². The highest BCUT2D eigenvalue weighted by Crippen LogP contribution is 2.31. The van der Waals surface area contributed by atoms with Crippen molar-refractivity contribution in [1.82, 2.24) is 15.5 Å². The zero-order chi connectivity index (χ0) is 22.2. The van der Waals surface area contributed by atoms with Gasteiger partial charge in [0.25, 0.3) is 0 Å². The fourth-order valence-corrected chi connectivity index (χ4v) is 3.16. The van der Waals surface area contributed by atoms with Gasteiger partial charge in [-0.25, -0.2) is 0 Å². The molecule has 1 aliphatic heterocycles. The van der Waals surface area contributed by atoms with Crippen LogP contribution >= 0.6 is 24.0 Å². The van der Waals surface area contributed by atoms with Crippen LogP contribution in [0.3, 0.4) is 0 Å². The summed E-state index contributed by atoms with van der Waals surface area (Å²) in [6.45, 7) is 3.83. The minimum absolute atomic E-state index is 0. The van der Waals surface area contributed by atoms with Gasteiger partial charge in [-0.05, 0) is 31.2 Å². The zero-order valence-corrected chi connectivity index (χ0v) is 19.5. The van der Waals surface area contributed by atoms with Crippen molar-refractivity contribution in [2.45, 2.75) is 25.2 Å². The van der Waals surface area contributed by atoms with E-state index in [1.807, 2.05) is 4.90 Å². The van der Waals surface area contributed by atoms with E-state index in [2.05, 4.69) is 20.5 Å². The second-order valence-electron chi connectivity index (χ2n) is 7.02. The summed E-state index contributed by atoms with van der Waals surface area (Å²) in [5.74, 6) is 0.327. The molecular weight excluding hydrogens is 539 g/mol. The molecule has 0 radical (unpaired) electrons. The van der Waals surface area contributed by atoms with E-state index in [1.54, 1.807) is 6.07 Å². The molecule has 1 fully saturated rings. The lowest BCUT2D eigenvalue weighted by Gasteiger charge is -2.36. The Morgan fingerprint density at radius 1 is 1.00 bits per heavy atom. The number of nitrogens with one attached hydrogen (secondary N) is 2. The maximum atomic E-state index is 12.9. The molecule has 1 aromatic carbocycles. The van der Waals surface area contributed by atoms with Gasteiger partial charge in [-0.1, -0.05) is 6.07 Å². The van der Waals surface area contributed by atoms with E-state index in [1.165, 1.54) is 19.2 Å². The van der Waals surface area contributed by atoms with Gasteiger partial charge in [0.2, 0.25) is 0 Å². The molecule has 0 saturated carbocycles. The predicted molar refractivity (Wildman–Crippen MR) is 120 cm³/mol. The Balaban J connectivity index is 0.00000480. The molecule has 0 aliphatic carbocycles. The summed E-state index contributed by atoms with van der Waals surface area (Å²) in [6, 6.07) is 5.35. The van der Waals surface area contributed by atoms with Gasteiger partial charge in [0, 0.05) is 52.0 Å². The van der Waals surface area contributed by atoms with Gasteiger partial charge < -0.3 is 15.5 Å². The van der Waals surface area contributed by atoms with Crippen LogP contribution in [-0.4, -0.2) is 69.9 Å². The van der Waals surface area contributed by atoms with Crippen molar-refractivity contribution in [1.29, 1.82) is 0 Å². The fourth-order valence-electron chi connectivity index (χ4n) is 3.16. The Labute approximate surface area is 195 Å². The van der Waals surface area contributed by atoms with Gasteiger partial charge in [-0.15, -0.1) is 24.0 Å². The van der Waals surface area contributed by atoms with Crippen LogP contribution in [0.5, 0.6) is 0 Å². The lowest BCUT2D eigenvalue weighted by molar-refractivity contribution is -0.137. The van der Waals surface area contributed by atoms with E-state index < -0.39 is 24.3 Å². The summed E-state index contributed by atoms with van der Waals surface area (Å²) in [7, 11) is 1.50. The minimum Gasteiger partial charge on any atom is -0.369 e. The quantitative estimate of drug-likeness (QED) is 0.172. The highest BCUT2D eigenvalue weighted by atomic mass is 127. The summed E-state index contributed by atoms with van der Waals surface area (Å²) in [6.07, 6.45) is -8.72. The van der Waals surface area contributed by atoms with Gasteiger partial charge in [0.05, 0.1) is 12.0 Å². The first-order chi connectivity index (χ1) is 14.1. The van der Waals surface area contributed by atoms with Gasteiger partial charge in [-0.3, -0.25) is 9.89 Å². The zero-order valence-electron chi connectivity index (χ0n) is 17.2. The van der Waals surface area contributed by atoms with E-state index in [4.69, 9.17) is 0 Å². The predicted octanol–water partition coefficient (Wildman–Crippen LogP) is 3.95. The molecule has 0 amide bonds. The van der Waals surface area contributed by atoms with Gasteiger partial charge in [0.1, 0.15) is 0 Å². The minimum atomic E-state index is -4.35. The van der Waals surface area contributed by atoms with Crippen LogP contribution in [0.15, 0.2) is 29.3 Å². The third-order valence-electron chi connectivity index (χ3n) is 4.78. The molecule has 1 aliphatic rings. The number of nitrogens with zero attached hydrogens (tertiary/aromatic N) is 3. The maximum Gasteiger partial charge on any atom is 0.416 e. The number of guanidine groups is 1. The van der Waals surface area contributed by atoms with Crippen molar-refractivity contribution in [2.24, 2.45) is 4.99 Å². The molecule has 5 nitrogen and oxygen atoms in total. The fraction of sp³-hybridized carbons (Fsp3) is 0.632. The molecule has 12 heteroatoms. The molecule has 2 rings (SSSR count). The van der Waals surface area contributed by atoms with Crippen LogP contribution < -0.4 is 15.5 Å². The first kappa shape index (κ1) is 27.6. The van der Waals surface area contributed by atoms with E-state index >= 15 is 0 Å². The van der Waals surface area contributed by atoms with Crippen molar-refractivity contribution < 1.29 is 26.3 Å². The molecule has 31 heavy (non-hydrogen) atoms.